The first-order valence-electron chi connectivity index (χ1n) is 6.29. The van der Waals surface area contributed by atoms with E-state index >= 15 is 0 Å². The van der Waals surface area contributed by atoms with Crippen molar-refractivity contribution in [3.63, 3.8) is 0 Å². The Labute approximate surface area is 101 Å². The summed E-state index contributed by atoms with van der Waals surface area (Å²) in [5.41, 5.74) is 0. The molecule has 5 heteroatoms. The molecule has 0 radical (unpaired) electrons. The Hall–Kier alpha value is -1.10. The number of hydrogen-bond donors (Lipinski definition) is 1. The van der Waals surface area contributed by atoms with Gasteiger partial charge in [-0.3, -0.25) is 9.69 Å². The number of alkyl carbamates (subject to hydrolysis) is 1. The van der Waals surface area contributed by atoms with E-state index in [1.54, 1.807) is 0 Å². The van der Waals surface area contributed by atoms with E-state index in [0.29, 0.717) is 11.8 Å². The van der Waals surface area contributed by atoms with Crippen LogP contribution in [-0.4, -0.2) is 49.1 Å². The van der Waals surface area contributed by atoms with Gasteiger partial charge in [0.15, 0.2) is 0 Å². The molecule has 1 heterocycles. The molecule has 0 aromatic rings. The van der Waals surface area contributed by atoms with Crippen molar-refractivity contribution in [2.45, 2.75) is 44.2 Å². The largest absolute Gasteiger partial charge is 0.453 e. The normalized spacial score (nSPS) is 27.1. The first kappa shape index (κ1) is 12.4. The van der Waals surface area contributed by atoms with Gasteiger partial charge in [-0.25, -0.2) is 4.79 Å². The Balaban J connectivity index is 1.77. The standard InChI is InChI=1S/C12H20N2O3/c1-17-12(16)13-9-6-7-14(8-9)10-2-4-11(15)5-3-10/h9-10H,2-8H2,1H3,(H,13,16). The molecule has 0 bridgehead atoms. The summed E-state index contributed by atoms with van der Waals surface area (Å²) in [6, 6.07) is 0.720. The molecule has 1 aliphatic carbocycles. The van der Waals surface area contributed by atoms with E-state index in [2.05, 4.69) is 15.0 Å². The van der Waals surface area contributed by atoms with E-state index in [-0.39, 0.29) is 12.1 Å². The van der Waals surface area contributed by atoms with Gasteiger partial charge in [0, 0.05) is 38.0 Å². The van der Waals surface area contributed by atoms with E-state index in [0.717, 1.165) is 45.2 Å². The highest BCUT2D eigenvalue weighted by Crippen LogP contribution is 2.24. The average Bonchev–Trinajstić information content (AvgIpc) is 2.78. The van der Waals surface area contributed by atoms with E-state index in [1.165, 1.54) is 7.11 Å². The van der Waals surface area contributed by atoms with Crippen LogP contribution in [0, 0.1) is 0 Å². The number of Topliss-reactive ketones (excluding diaryl/α,β-unsaturated/α-hetero) is 1. The van der Waals surface area contributed by atoms with Gasteiger partial charge in [-0.15, -0.1) is 0 Å². The fourth-order valence-corrected chi connectivity index (χ4v) is 2.75. The third-order valence-corrected chi connectivity index (χ3v) is 3.76. The second-order valence-electron chi connectivity index (χ2n) is 4.89. The van der Waals surface area contributed by atoms with Crippen LogP contribution in [0.2, 0.25) is 0 Å². The zero-order valence-corrected chi connectivity index (χ0v) is 10.3. The maximum absolute atomic E-state index is 11.2. The van der Waals surface area contributed by atoms with Gasteiger partial charge in [0.25, 0.3) is 0 Å². The zero-order chi connectivity index (χ0) is 12.3. The Morgan fingerprint density at radius 3 is 2.71 bits per heavy atom. The molecule has 1 amide bonds. The molecule has 96 valence electrons. The number of nitrogens with one attached hydrogen (secondary N) is 1. The van der Waals surface area contributed by atoms with Crippen LogP contribution in [-0.2, 0) is 9.53 Å². The van der Waals surface area contributed by atoms with E-state index < -0.39 is 0 Å². The first-order valence-corrected chi connectivity index (χ1v) is 6.29. The topological polar surface area (TPSA) is 58.6 Å². The molecule has 2 fully saturated rings. The van der Waals surface area contributed by atoms with Crippen molar-refractivity contribution in [3.05, 3.63) is 0 Å². The van der Waals surface area contributed by atoms with Gasteiger partial charge in [-0.05, 0) is 19.3 Å². The van der Waals surface area contributed by atoms with Crippen LogP contribution in [0.15, 0.2) is 0 Å². The maximum Gasteiger partial charge on any atom is 0.407 e. The van der Waals surface area contributed by atoms with Crippen LogP contribution < -0.4 is 5.32 Å². The zero-order valence-electron chi connectivity index (χ0n) is 10.3. The van der Waals surface area contributed by atoms with Crippen molar-refractivity contribution in [3.8, 4) is 0 Å². The summed E-state index contributed by atoms with van der Waals surface area (Å²) in [6.45, 7) is 1.89. The molecule has 0 aromatic carbocycles. The van der Waals surface area contributed by atoms with Crippen LogP contribution >= 0.6 is 0 Å². The van der Waals surface area contributed by atoms with Crippen LogP contribution in [0.5, 0.6) is 0 Å². The molecule has 1 atom stereocenters. The Morgan fingerprint density at radius 2 is 2.06 bits per heavy atom. The number of likely N-dealkylation sites (tertiary alicyclic amines) is 1. The molecule has 1 N–H and O–H groups in total. The van der Waals surface area contributed by atoms with Gasteiger partial charge in [0.1, 0.15) is 5.78 Å². The predicted molar refractivity (Wildman–Crippen MR) is 62.8 cm³/mol. The monoisotopic (exact) mass is 240 g/mol. The lowest BCUT2D eigenvalue weighted by molar-refractivity contribution is -0.121. The SMILES string of the molecule is COC(=O)NC1CCN(C2CCC(=O)CC2)C1. The lowest BCUT2D eigenvalue weighted by Crippen LogP contribution is -2.41. The predicted octanol–water partition coefficient (Wildman–Crippen LogP) is 0.928. The van der Waals surface area contributed by atoms with Gasteiger partial charge < -0.3 is 10.1 Å². The number of ether oxygens (including phenoxy) is 1. The van der Waals surface area contributed by atoms with Crippen molar-refractivity contribution in [2.75, 3.05) is 20.2 Å². The second-order valence-corrected chi connectivity index (χ2v) is 4.89. The van der Waals surface area contributed by atoms with E-state index in [1.807, 2.05) is 0 Å². The second kappa shape index (κ2) is 5.49. The van der Waals surface area contributed by atoms with Gasteiger partial charge >= 0.3 is 6.09 Å². The summed E-state index contributed by atoms with van der Waals surface area (Å²) in [7, 11) is 1.38. The molecule has 1 unspecified atom stereocenters. The van der Waals surface area contributed by atoms with E-state index in [4.69, 9.17) is 0 Å². The molecular weight excluding hydrogens is 220 g/mol. The number of methoxy groups -OCH3 is 1. The van der Waals surface area contributed by atoms with E-state index in [9.17, 15) is 9.59 Å². The Kier molecular flexibility index (Phi) is 3.99. The highest BCUT2D eigenvalue weighted by molar-refractivity contribution is 5.79. The van der Waals surface area contributed by atoms with Crippen molar-refractivity contribution in [2.24, 2.45) is 0 Å². The smallest absolute Gasteiger partial charge is 0.407 e. The minimum absolute atomic E-state index is 0.195. The number of nitrogens with zero attached hydrogens (tertiary/aromatic N) is 1. The summed E-state index contributed by atoms with van der Waals surface area (Å²) >= 11 is 0. The van der Waals surface area contributed by atoms with Crippen molar-refractivity contribution in [1.29, 1.82) is 0 Å². The lowest BCUT2D eigenvalue weighted by Gasteiger charge is -2.30. The van der Waals surface area contributed by atoms with Crippen LogP contribution in [0.1, 0.15) is 32.1 Å². The minimum atomic E-state index is -0.351. The molecular formula is C12H20N2O3. The molecule has 0 aromatic heterocycles. The highest BCUT2D eigenvalue weighted by Gasteiger charge is 2.31. The molecule has 1 aliphatic heterocycles. The molecule has 1 saturated carbocycles. The first-order chi connectivity index (χ1) is 8.19. The van der Waals surface area contributed by atoms with Crippen molar-refractivity contribution >= 4 is 11.9 Å². The third kappa shape index (κ3) is 3.19. The van der Waals surface area contributed by atoms with Crippen LogP contribution in [0.4, 0.5) is 4.79 Å². The quantitative estimate of drug-likeness (QED) is 0.780. The minimum Gasteiger partial charge on any atom is -0.453 e. The number of carbonyl (C=O) groups is 2. The fourth-order valence-electron chi connectivity index (χ4n) is 2.75. The van der Waals surface area contributed by atoms with Gasteiger partial charge in [-0.2, -0.15) is 0 Å². The number of carbonyl (C=O) groups excluding carboxylic acids is 2. The molecule has 2 rings (SSSR count). The highest BCUT2D eigenvalue weighted by atomic mass is 16.5. The fraction of sp³-hybridized carbons (Fsp3) is 0.833. The molecule has 17 heavy (non-hydrogen) atoms. The number of ketones is 1. The third-order valence-electron chi connectivity index (χ3n) is 3.76. The molecule has 2 aliphatic rings. The Bertz CT molecular complexity index is 296. The molecule has 5 nitrogen and oxygen atoms in total. The van der Waals surface area contributed by atoms with Gasteiger partial charge in [-0.1, -0.05) is 0 Å². The summed E-state index contributed by atoms with van der Waals surface area (Å²) in [4.78, 5) is 24.7. The summed E-state index contributed by atoms with van der Waals surface area (Å²) in [6.07, 6.45) is 4.01. The number of amides is 1. The van der Waals surface area contributed by atoms with Gasteiger partial charge in [0.05, 0.1) is 7.11 Å². The summed E-state index contributed by atoms with van der Waals surface area (Å²) < 4.78 is 4.59. The summed E-state index contributed by atoms with van der Waals surface area (Å²) in [5.74, 6) is 0.393. The molecule has 1 saturated heterocycles. The van der Waals surface area contributed by atoms with Crippen molar-refractivity contribution in [1.82, 2.24) is 10.2 Å². The number of hydrogen-bond acceptors (Lipinski definition) is 4. The van der Waals surface area contributed by atoms with Crippen LogP contribution in [0.3, 0.4) is 0 Å². The van der Waals surface area contributed by atoms with Crippen molar-refractivity contribution < 1.29 is 14.3 Å². The maximum atomic E-state index is 11.2. The average molecular weight is 240 g/mol. The lowest BCUT2D eigenvalue weighted by atomic mass is 9.93. The number of rotatable bonds is 2. The Morgan fingerprint density at radius 1 is 1.35 bits per heavy atom. The molecule has 0 spiro atoms. The van der Waals surface area contributed by atoms with Gasteiger partial charge in [0.2, 0.25) is 0 Å². The van der Waals surface area contributed by atoms with Crippen LogP contribution in [0.25, 0.3) is 0 Å². The summed E-state index contributed by atoms with van der Waals surface area (Å²) in [5, 5.41) is 2.84.